The van der Waals surface area contributed by atoms with Crippen LogP contribution >= 0.6 is 23.4 Å². The maximum atomic E-state index is 11.9. The molecule has 0 fully saturated rings. The predicted octanol–water partition coefficient (Wildman–Crippen LogP) is 4.74. The molecule has 0 radical (unpaired) electrons. The third-order valence-corrected chi connectivity index (χ3v) is 4.69. The predicted molar refractivity (Wildman–Crippen MR) is 89.0 cm³/mol. The Morgan fingerprint density at radius 1 is 1.25 bits per heavy atom. The lowest BCUT2D eigenvalue weighted by Crippen LogP contribution is -2.19. The summed E-state index contributed by atoms with van der Waals surface area (Å²) in [6.07, 6.45) is 0.868. The molecule has 4 heteroatoms. The van der Waals surface area contributed by atoms with E-state index in [-0.39, 0.29) is 5.78 Å². The number of carbonyl (C=O) groups is 1. The van der Waals surface area contributed by atoms with Crippen LogP contribution in [0.5, 0.6) is 0 Å². The van der Waals surface area contributed by atoms with Crippen molar-refractivity contribution < 1.29 is 4.79 Å². The third kappa shape index (κ3) is 4.88. The Kier molecular flexibility index (Phi) is 7.17. The summed E-state index contributed by atoms with van der Waals surface area (Å²) in [4.78, 5) is 14.9. The van der Waals surface area contributed by atoms with E-state index >= 15 is 0 Å². The molecule has 0 saturated carbocycles. The van der Waals surface area contributed by atoms with E-state index < -0.39 is 0 Å². The van der Waals surface area contributed by atoms with Crippen molar-refractivity contribution in [2.24, 2.45) is 0 Å². The van der Waals surface area contributed by atoms with Crippen molar-refractivity contribution in [1.29, 1.82) is 0 Å². The van der Waals surface area contributed by atoms with E-state index in [0.29, 0.717) is 0 Å². The Labute approximate surface area is 131 Å². The Hall–Kier alpha value is -0.930. The molecule has 0 atom stereocenters. The van der Waals surface area contributed by atoms with Crippen LogP contribution in [0.25, 0.3) is 0 Å². The van der Waals surface area contributed by atoms with Gasteiger partial charge in [0.1, 0.15) is 0 Å². The van der Waals surface area contributed by atoms with Crippen molar-refractivity contribution in [3.63, 3.8) is 0 Å². The van der Waals surface area contributed by atoms with Crippen LogP contribution in [0, 0.1) is 0 Å². The fourth-order valence-corrected chi connectivity index (χ4v) is 3.22. The van der Waals surface area contributed by atoms with E-state index in [1.165, 1.54) is 5.56 Å². The van der Waals surface area contributed by atoms with Crippen LogP contribution in [0.1, 0.15) is 32.8 Å². The standard InChI is InChI=1S/C16H22ClNOS/c1-5-15(18(4)6-2)16(12(3)19)20-11-13-7-9-14(17)10-8-13/h7-10H,5-6,11H2,1-4H3/b16-15-. The molecule has 0 aromatic heterocycles. The molecule has 0 heterocycles. The minimum atomic E-state index is 0.140. The fraction of sp³-hybridized carbons (Fsp3) is 0.438. The van der Waals surface area contributed by atoms with Gasteiger partial charge in [0.05, 0.1) is 4.91 Å². The number of hydrogen-bond acceptors (Lipinski definition) is 3. The minimum Gasteiger partial charge on any atom is -0.377 e. The molecule has 0 saturated heterocycles. The van der Waals surface area contributed by atoms with Crippen molar-refractivity contribution in [2.75, 3.05) is 13.6 Å². The average Bonchev–Trinajstić information content (AvgIpc) is 2.44. The highest BCUT2D eigenvalue weighted by molar-refractivity contribution is 8.03. The highest BCUT2D eigenvalue weighted by Gasteiger charge is 2.14. The van der Waals surface area contributed by atoms with Crippen LogP contribution < -0.4 is 0 Å². The van der Waals surface area contributed by atoms with Gasteiger partial charge in [0.25, 0.3) is 0 Å². The van der Waals surface area contributed by atoms with Gasteiger partial charge in [-0.1, -0.05) is 30.7 Å². The second-order valence-corrected chi connectivity index (χ2v) is 6.04. The number of Topliss-reactive ketones (excluding diaryl/α,β-unsaturated/α-hetero) is 1. The van der Waals surface area contributed by atoms with Crippen molar-refractivity contribution in [3.05, 3.63) is 45.5 Å². The number of hydrogen-bond donors (Lipinski definition) is 0. The lowest BCUT2D eigenvalue weighted by atomic mass is 10.2. The Morgan fingerprint density at radius 3 is 2.30 bits per heavy atom. The van der Waals surface area contributed by atoms with Crippen LogP contribution in [-0.4, -0.2) is 24.3 Å². The van der Waals surface area contributed by atoms with Crippen LogP contribution in [0.15, 0.2) is 34.9 Å². The van der Waals surface area contributed by atoms with Gasteiger partial charge >= 0.3 is 0 Å². The molecule has 0 spiro atoms. The van der Waals surface area contributed by atoms with E-state index in [1.807, 2.05) is 31.3 Å². The first-order valence-electron chi connectivity index (χ1n) is 6.82. The molecular weight excluding hydrogens is 290 g/mol. The molecule has 0 aliphatic carbocycles. The molecule has 20 heavy (non-hydrogen) atoms. The smallest absolute Gasteiger partial charge is 0.167 e. The zero-order valence-electron chi connectivity index (χ0n) is 12.6. The fourth-order valence-electron chi connectivity index (χ4n) is 1.92. The highest BCUT2D eigenvalue weighted by atomic mass is 35.5. The molecule has 110 valence electrons. The zero-order valence-corrected chi connectivity index (χ0v) is 14.1. The van der Waals surface area contributed by atoms with Crippen LogP contribution in [0.2, 0.25) is 5.02 Å². The summed E-state index contributed by atoms with van der Waals surface area (Å²) in [5, 5.41) is 0.737. The summed E-state index contributed by atoms with van der Waals surface area (Å²) in [7, 11) is 2.03. The summed E-state index contributed by atoms with van der Waals surface area (Å²) >= 11 is 7.49. The van der Waals surface area contributed by atoms with Gasteiger partial charge < -0.3 is 4.90 Å². The first-order chi connectivity index (χ1) is 9.49. The Bertz CT molecular complexity index is 482. The van der Waals surface area contributed by atoms with Gasteiger partial charge in [-0.15, -0.1) is 11.8 Å². The van der Waals surface area contributed by atoms with E-state index in [4.69, 9.17) is 11.6 Å². The largest absolute Gasteiger partial charge is 0.377 e. The molecule has 2 nitrogen and oxygen atoms in total. The normalized spacial score (nSPS) is 12.1. The van der Waals surface area contributed by atoms with Crippen molar-refractivity contribution in [3.8, 4) is 0 Å². The van der Waals surface area contributed by atoms with Crippen LogP contribution in [0.4, 0.5) is 0 Å². The quantitative estimate of drug-likeness (QED) is 0.679. The van der Waals surface area contributed by atoms with E-state index in [1.54, 1.807) is 18.7 Å². The molecule has 1 rings (SSSR count). The second-order valence-electron chi connectivity index (χ2n) is 4.61. The minimum absolute atomic E-state index is 0.140. The average molecular weight is 312 g/mol. The van der Waals surface area contributed by atoms with Crippen LogP contribution in [0.3, 0.4) is 0 Å². The van der Waals surface area contributed by atoms with Gasteiger partial charge in [0.15, 0.2) is 5.78 Å². The van der Waals surface area contributed by atoms with Crippen molar-refractivity contribution >= 4 is 29.1 Å². The van der Waals surface area contributed by atoms with Gasteiger partial charge in [0.2, 0.25) is 0 Å². The molecule has 0 bridgehead atoms. The van der Waals surface area contributed by atoms with E-state index in [9.17, 15) is 4.79 Å². The summed E-state index contributed by atoms with van der Waals surface area (Å²) in [6, 6.07) is 7.77. The second kappa shape index (κ2) is 8.38. The van der Waals surface area contributed by atoms with E-state index in [0.717, 1.165) is 34.3 Å². The number of benzene rings is 1. The maximum absolute atomic E-state index is 11.9. The first kappa shape index (κ1) is 17.1. The Morgan fingerprint density at radius 2 is 1.85 bits per heavy atom. The summed E-state index contributed by atoms with van der Waals surface area (Å²) in [5.74, 6) is 0.925. The van der Waals surface area contributed by atoms with Crippen LogP contribution in [-0.2, 0) is 10.5 Å². The van der Waals surface area contributed by atoms with Gasteiger partial charge in [-0.3, -0.25) is 4.79 Å². The number of thioether (sulfide) groups is 1. The summed E-state index contributed by atoms with van der Waals surface area (Å²) in [5.41, 5.74) is 2.30. The molecule has 0 amide bonds. The number of allylic oxidation sites excluding steroid dienone is 2. The molecule has 1 aromatic rings. The molecule has 0 aliphatic heterocycles. The number of ketones is 1. The molecule has 0 unspecified atom stereocenters. The zero-order chi connectivity index (χ0) is 15.1. The Balaban J connectivity index is 2.89. The number of rotatable bonds is 7. The van der Waals surface area contributed by atoms with Gasteiger partial charge in [0, 0.05) is 30.1 Å². The highest BCUT2D eigenvalue weighted by Crippen LogP contribution is 2.28. The topological polar surface area (TPSA) is 20.3 Å². The van der Waals surface area contributed by atoms with Gasteiger partial charge in [-0.2, -0.15) is 0 Å². The summed E-state index contributed by atoms with van der Waals surface area (Å²) < 4.78 is 0. The SMILES string of the molecule is CC/C(=C(/SCc1ccc(Cl)cc1)C(C)=O)N(C)CC. The maximum Gasteiger partial charge on any atom is 0.167 e. The first-order valence-corrected chi connectivity index (χ1v) is 8.18. The molecule has 0 aliphatic rings. The lowest BCUT2D eigenvalue weighted by Gasteiger charge is -2.22. The monoisotopic (exact) mass is 311 g/mol. The number of nitrogens with zero attached hydrogens (tertiary/aromatic N) is 1. The summed E-state index contributed by atoms with van der Waals surface area (Å²) in [6.45, 7) is 6.73. The molecule has 0 N–H and O–H groups in total. The van der Waals surface area contributed by atoms with Gasteiger partial charge in [-0.25, -0.2) is 0 Å². The molecular formula is C16H22ClNOS. The number of carbonyl (C=O) groups excluding carboxylic acids is 1. The van der Waals surface area contributed by atoms with Gasteiger partial charge in [-0.05, 0) is 38.0 Å². The van der Waals surface area contributed by atoms with Crippen molar-refractivity contribution in [2.45, 2.75) is 32.9 Å². The van der Waals surface area contributed by atoms with E-state index in [2.05, 4.69) is 18.7 Å². The number of halogens is 1. The molecule has 1 aromatic carbocycles. The van der Waals surface area contributed by atoms with Crippen molar-refractivity contribution in [1.82, 2.24) is 4.90 Å². The third-order valence-electron chi connectivity index (χ3n) is 3.15. The lowest BCUT2D eigenvalue weighted by molar-refractivity contribution is -0.113.